The van der Waals surface area contributed by atoms with Crippen molar-refractivity contribution in [3.05, 3.63) is 56.7 Å². The van der Waals surface area contributed by atoms with E-state index in [0.29, 0.717) is 17.1 Å². The fourth-order valence-corrected chi connectivity index (χ4v) is 4.65. The lowest BCUT2D eigenvalue weighted by molar-refractivity contribution is -0.127. The average Bonchev–Trinajstić information content (AvgIpc) is 2.91. The Morgan fingerprint density at radius 2 is 1.96 bits per heavy atom. The molecule has 1 amide bonds. The first-order valence-corrected chi connectivity index (χ1v) is 10.1. The molecular weight excluding hydrogens is 366 g/mol. The summed E-state index contributed by atoms with van der Waals surface area (Å²) in [5.74, 6) is 0.255. The highest BCUT2D eigenvalue weighted by Crippen LogP contribution is 2.28. The van der Waals surface area contributed by atoms with E-state index in [0.717, 1.165) is 20.8 Å². The highest BCUT2D eigenvalue weighted by Gasteiger charge is 2.17. The normalized spacial score (nSPS) is 11.1. The summed E-state index contributed by atoms with van der Waals surface area (Å²) in [6.45, 7) is 4.51. The highest BCUT2D eigenvalue weighted by molar-refractivity contribution is 7.99. The Balaban J connectivity index is 1.74. The van der Waals surface area contributed by atoms with Gasteiger partial charge in [-0.3, -0.25) is 14.2 Å². The first kappa shape index (κ1) is 18.7. The second-order valence-corrected chi connectivity index (χ2v) is 8.39. The molecular formula is C19H21N3O2S2. The summed E-state index contributed by atoms with van der Waals surface area (Å²) in [6, 6.07) is 9.87. The van der Waals surface area contributed by atoms with Gasteiger partial charge in [0.1, 0.15) is 4.83 Å². The third-order valence-corrected chi connectivity index (χ3v) is 6.50. The first-order chi connectivity index (χ1) is 12.4. The molecule has 0 fully saturated rings. The molecule has 0 bridgehead atoms. The molecule has 136 valence electrons. The summed E-state index contributed by atoms with van der Waals surface area (Å²) in [7, 11) is 3.50. The summed E-state index contributed by atoms with van der Waals surface area (Å²) in [6.07, 6.45) is 0. The van der Waals surface area contributed by atoms with Crippen LogP contribution in [0.3, 0.4) is 0 Å². The monoisotopic (exact) mass is 387 g/mol. The molecule has 3 aromatic rings. The van der Waals surface area contributed by atoms with Gasteiger partial charge in [0.25, 0.3) is 5.56 Å². The predicted octanol–water partition coefficient (Wildman–Crippen LogP) is 3.36. The maximum Gasteiger partial charge on any atom is 0.262 e. The van der Waals surface area contributed by atoms with Gasteiger partial charge >= 0.3 is 0 Å². The van der Waals surface area contributed by atoms with E-state index >= 15 is 0 Å². The van der Waals surface area contributed by atoms with Gasteiger partial charge < -0.3 is 4.90 Å². The Morgan fingerprint density at radius 3 is 2.65 bits per heavy atom. The van der Waals surface area contributed by atoms with Crippen LogP contribution in [0.4, 0.5) is 0 Å². The maximum atomic E-state index is 12.6. The van der Waals surface area contributed by atoms with Crippen molar-refractivity contribution in [3.8, 4) is 0 Å². The van der Waals surface area contributed by atoms with Gasteiger partial charge in [-0.05, 0) is 25.0 Å². The molecule has 2 aromatic heterocycles. The summed E-state index contributed by atoms with van der Waals surface area (Å²) in [5.41, 5.74) is 2.03. The van der Waals surface area contributed by atoms with Gasteiger partial charge in [0, 0.05) is 25.5 Å². The van der Waals surface area contributed by atoms with Crippen LogP contribution in [-0.2, 0) is 18.4 Å². The summed E-state index contributed by atoms with van der Waals surface area (Å²) in [5, 5.41) is 1.26. The number of thioether (sulfide) groups is 1. The lowest BCUT2D eigenvalue weighted by atomic mass is 10.2. The third kappa shape index (κ3) is 3.68. The highest BCUT2D eigenvalue weighted by atomic mass is 32.2. The number of nitrogens with zero attached hydrogens (tertiary/aromatic N) is 3. The van der Waals surface area contributed by atoms with Gasteiger partial charge in [-0.25, -0.2) is 4.98 Å². The maximum absolute atomic E-state index is 12.6. The van der Waals surface area contributed by atoms with E-state index in [4.69, 9.17) is 0 Å². The smallest absolute Gasteiger partial charge is 0.262 e. The number of aromatic nitrogens is 2. The number of amides is 1. The van der Waals surface area contributed by atoms with E-state index in [1.54, 1.807) is 19.0 Å². The topological polar surface area (TPSA) is 55.2 Å². The Morgan fingerprint density at radius 1 is 1.27 bits per heavy atom. The number of carbonyl (C=O) groups excluding carboxylic acids is 1. The Hall–Kier alpha value is -2.12. The zero-order chi connectivity index (χ0) is 18.8. The number of carbonyl (C=O) groups is 1. The molecule has 0 saturated carbocycles. The van der Waals surface area contributed by atoms with Crippen LogP contribution in [0.15, 0.2) is 40.3 Å². The van der Waals surface area contributed by atoms with Crippen LogP contribution in [0.1, 0.15) is 16.0 Å². The Bertz CT molecular complexity index is 1010. The quantitative estimate of drug-likeness (QED) is 0.498. The predicted molar refractivity (Wildman–Crippen MR) is 108 cm³/mol. The molecule has 0 atom stereocenters. The number of fused-ring (bicyclic) bond motifs is 1. The van der Waals surface area contributed by atoms with Crippen LogP contribution in [0.25, 0.3) is 10.2 Å². The number of thiophene rings is 1. The minimum atomic E-state index is -0.0514. The van der Waals surface area contributed by atoms with Crippen molar-refractivity contribution in [1.29, 1.82) is 0 Å². The van der Waals surface area contributed by atoms with Crippen LogP contribution < -0.4 is 5.56 Å². The zero-order valence-electron chi connectivity index (χ0n) is 15.3. The fraction of sp³-hybridized carbons (Fsp3) is 0.316. The number of aryl methyl sites for hydroxylation is 2. The van der Waals surface area contributed by atoms with E-state index in [1.807, 2.05) is 44.2 Å². The van der Waals surface area contributed by atoms with Crippen LogP contribution >= 0.6 is 23.1 Å². The Kier molecular flexibility index (Phi) is 5.48. The van der Waals surface area contributed by atoms with E-state index in [2.05, 4.69) is 4.98 Å². The van der Waals surface area contributed by atoms with Crippen molar-refractivity contribution >= 4 is 39.2 Å². The van der Waals surface area contributed by atoms with Crippen molar-refractivity contribution in [3.63, 3.8) is 0 Å². The molecule has 5 nitrogen and oxygen atoms in total. The lowest BCUT2D eigenvalue weighted by Crippen LogP contribution is -2.28. The molecule has 1 aromatic carbocycles. The SMILES string of the molecule is Cc1sc2nc(SCC(=O)N(C)Cc3ccccc3)n(C)c(=O)c2c1C. The van der Waals surface area contributed by atoms with E-state index in [9.17, 15) is 9.59 Å². The molecule has 0 aliphatic carbocycles. The molecule has 0 aliphatic rings. The molecule has 0 saturated heterocycles. The van der Waals surface area contributed by atoms with Crippen LogP contribution in [-0.4, -0.2) is 33.2 Å². The van der Waals surface area contributed by atoms with Gasteiger partial charge in [0.15, 0.2) is 5.16 Å². The van der Waals surface area contributed by atoms with Crippen LogP contribution in [0.2, 0.25) is 0 Å². The lowest BCUT2D eigenvalue weighted by Gasteiger charge is -2.17. The van der Waals surface area contributed by atoms with Gasteiger partial charge in [0.2, 0.25) is 5.91 Å². The zero-order valence-corrected chi connectivity index (χ0v) is 16.9. The molecule has 2 heterocycles. The van der Waals surface area contributed by atoms with Crippen molar-refractivity contribution in [1.82, 2.24) is 14.5 Å². The van der Waals surface area contributed by atoms with Crippen LogP contribution in [0, 0.1) is 13.8 Å². The van der Waals surface area contributed by atoms with Gasteiger partial charge in [-0.1, -0.05) is 42.1 Å². The van der Waals surface area contributed by atoms with Crippen molar-refractivity contribution in [2.24, 2.45) is 7.05 Å². The summed E-state index contributed by atoms with van der Waals surface area (Å²) >= 11 is 2.83. The number of rotatable bonds is 5. The molecule has 0 aliphatic heterocycles. The number of hydrogen-bond acceptors (Lipinski definition) is 5. The molecule has 26 heavy (non-hydrogen) atoms. The minimum absolute atomic E-state index is 0.00624. The van der Waals surface area contributed by atoms with E-state index < -0.39 is 0 Å². The minimum Gasteiger partial charge on any atom is -0.341 e. The molecule has 3 rings (SSSR count). The third-order valence-electron chi connectivity index (χ3n) is 4.38. The second kappa shape index (κ2) is 7.63. The van der Waals surface area contributed by atoms with Gasteiger partial charge in [-0.15, -0.1) is 11.3 Å². The number of hydrogen-bond donors (Lipinski definition) is 0. The fourth-order valence-electron chi connectivity index (χ4n) is 2.67. The second-order valence-electron chi connectivity index (χ2n) is 6.25. The van der Waals surface area contributed by atoms with Crippen molar-refractivity contribution < 1.29 is 4.79 Å². The Labute approximate surface area is 160 Å². The standard InChI is InChI=1S/C19H21N3O2S2/c1-12-13(2)26-17-16(12)18(24)22(4)19(20-17)25-11-15(23)21(3)10-14-8-6-5-7-9-14/h5-9H,10-11H2,1-4H3. The molecule has 0 unspecified atom stereocenters. The van der Waals surface area contributed by atoms with Gasteiger partial charge in [0.05, 0.1) is 11.1 Å². The molecule has 0 N–H and O–H groups in total. The average molecular weight is 388 g/mol. The molecule has 0 radical (unpaired) electrons. The molecule has 0 spiro atoms. The summed E-state index contributed by atoms with van der Waals surface area (Å²) < 4.78 is 1.54. The van der Waals surface area contributed by atoms with E-state index in [1.165, 1.54) is 27.7 Å². The van der Waals surface area contributed by atoms with Crippen LogP contribution in [0.5, 0.6) is 0 Å². The van der Waals surface area contributed by atoms with E-state index in [-0.39, 0.29) is 17.2 Å². The van der Waals surface area contributed by atoms with Gasteiger partial charge in [-0.2, -0.15) is 0 Å². The number of benzene rings is 1. The van der Waals surface area contributed by atoms with Crippen molar-refractivity contribution in [2.75, 3.05) is 12.8 Å². The largest absolute Gasteiger partial charge is 0.341 e. The first-order valence-electron chi connectivity index (χ1n) is 8.26. The summed E-state index contributed by atoms with van der Waals surface area (Å²) in [4.78, 5) is 33.2. The molecule has 7 heteroatoms. The van der Waals surface area contributed by atoms with Crippen molar-refractivity contribution in [2.45, 2.75) is 25.5 Å².